The predicted octanol–water partition coefficient (Wildman–Crippen LogP) is 1.08. The van der Waals surface area contributed by atoms with E-state index in [4.69, 9.17) is 5.84 Å². The lowest BCUT2D eigenvalue weighted by molar-refractivity contribution is 0.223. The normalized spacial score (nSPS) is 13.6. The molecule has 2 rings (SSSR count). The quantitative estimate of drug-likeness (QED) is 0.474. The number of nitrogens with one attached hydrogen (secondary N) is 2. The van der Waals surface area contributed by atoms with Crippen LogP contribution in [0.3, 0.4) is 0 Å². The molecule has 0 aliphatic rings. The molecular formula is C13H17N5O. The second-order valence-corrected chi connectivity index (χ2v) is 4.41. The average molecular weight is 259 g/mol. The summed E-state index contributed by atoms with van der Waals surface area (Å²) < 4.78 is 0. The standard InChI is InChI=1S/C13H17N5O/c1-13(8-19,10-5-3-2-4-6-10)17-11-7-12(18-14)16-9-15-11/h2-7,9,19H,8,14H2,1H3,(H2,15,16,17,18). The number of hydrazine groups is 1. The Morgan fingerprint density at radius 2 is 1.89 bits per heavy atom. The van der Waals surface area contributed by atoms with Crippen molar-refractivity contribution in [3.8, 4) is 0 Å². The van der Waals surface area contributed by atoms with E-state index in [1.54, 1.807) is 6.07 Å². The monoisotopic (exact) mass is 259 g/mol. The van der Waals surface area contributed by atoms with Crippen molar-refractivity contribution in [1.82, 2.24) is 9.97 Å². The molecule has 19 heavy (non-hydrogen) atoms. The van der Waals surface area contributed by atoms with E-state index in [0.717, 1.165) is 5.56 Å². The highest BCUT2D eigenvalue weighted by atomic mass is 16.3. The number of hydrogen-bond acceptors (Lipinski definition) is 6. The van der Waals surface area contributed by atoms with Crippen molar-refractivity contribution in [2.45, 2.75) is 12.5 Å². The van der Waals surface area contributed by atoms with E-state index < -0.39 is 5.54 Å². The number of nitrogens with zero attached hydrogens (tertiary/aromatic N) is 2. The minimum Gasteiger partial charge on any atom is -0.394 e. The number of nitrogen functional groups attached to an aromatic ring is 1. The average Bonchev–Trinajstić information content (AvgIpc) is 2.48. The smallest absolute Gasteiger partial charge is 0.145 e. The molecule has 0 spiro atoms. The van der Waals surface area contributed by atoms with Crippen molar-refractivity contribution in [3.63, 3.8) is 0 Å². The Labute approximate surface area is 111 Å². The maximum Gasteiger partial charge on any atom is 0.145 e. The molecule has 0 aliphatic heterocycles. The van der Waals surface area contributed by atoms with Gasteiger partial charge in [-0.25, -0.2) is 15.8 Å². The van der Waals surface area contributed by atoms with Crippen molar-refractivity contribution in [2.75, 3.05) is 17.3 Å². The number of hydrogen-bond donors (Lipinski definition) is 4. The lowest BCUT2D eigenvalue weighted by atomic mass is 9.93. The summed E-state index contributed by atoms with van der Waals surface area (Å²) in [7, 11) is 0. The summed E-state index contributed by atoms with van der Waals surface area (Å²) in [6.07, 6.45) is 1.40. The highest BCUT2D eigenvalue weighted by Crippen LogP contribution is 2.25. The lowest BCUT2D eigenvalue weighted by Gasteiger charge is -2.30. The zero-order chi connectivity index (χ0) is 13.7. The van der Waals surface area contributed by atoms with Crippen molar-refractivity contribution in [1.29, 1.82) is 0 Å². The molecule has 0 radical (unpaired) electrons. The van der Waals surface area contributed by atoms with Gasteiger partial charge in [0.1, 0.15) is 18.0 Å². The van der Waals surface area contributed by atoms with Crippen molar-refractivity contribution in [2.24, 2.45) is 5.84 Å². The van der Waals surface area contributed by atoms with Crippen LogP contribution in [0, 0.1) is 0 Å². The molecule has 0 fully saturated rings. The molecule has 1 aromatic carbocycles. The van der Waals surface area contributed by atoms with Gasteiger partial charge in [-0.2, -0.15) is 0 Å². The largest absolute Gasteiger partial charge is 0.394 e. The molecular weight excluding hydrogens is 242 g/mol. The summed E-state index contributed by atoms with van der Waals surface area (Å²) in [5, 5.41) is 12.9. The molecule has 0 aliphatic carbocycles. The third-order valence-corrected chi connectivity index (χ3v) is 2.95. The summed E-state index contributed by atoms with van der Waals surface area (Å²) in [4.78, 5) is 8.05. The van der Waals surface area contributed by atoms with E-state index in [0.29, 0.717) is 11.6 Å². The molecule has 1 unspecified atom stereocenters. The van der Waals surface area contributed by atoms with Crippen LogP contribution < -0.4 is 16.6 Å². The molecule has 6 nitrogen and oxygen atoms in total. The zero-order valence-electron chi connectivity index (χ0n) is 10.7. The third-order valence-electron chi connectivity index (χ3n) is 2.95. The fourth-order valence-electron chi connectivity index (χ4n) is 1.80. The maximum absolute atomic E-state index is 9.68. The van der Waals surface area contributed by atoms with Crippen LogP contribution in [0.2, 0.25) is 0 Å². The number of nitrogens with two attached hydrogens (primary N) is 1. The first kappa shape index (κ1) is 13.3. The van der Waals surface area contributed by atoms with Crippen LogP contribution in [-0.4, -0.2) is 21.7 Å². The second kappa shape index (κ2) is 5.64. The molecule has 6 heteroatoms. The Balaban J connectivity index is 2.27. The number of aliphatic hydroxyl groups is 1. The van der Waals surface area contributed by atoms with Crippen LogP contribution in [0.5, 0.6) is 0 Å². The number of aliphatic hydroxyl groups excluding tert-OH is 1. The van der Waals surface area contributed by atoms with Gasteiger partial charge in [0.2, 0.25) is 0 Å². The summed E-state index contributed by atoms with van der Waals surface area (Å²) in [5.74, 6) is 6.40. The van der Waals surface area contributed by atoms with E-state index in [-0.39, 0.29) is 6.61 Å². The van der Waals surface area contributed by atoms with Crippen LogP contribution in [0.1, 0.15) is 12.5 Å². The summed E-state index contributed by atoms with van der Waals surface area (Å²) in [6.45, 7) is 1.84. The Bertz CT molecular complexity index is 534. The van der Waals surface area contributed by atoms with E-state index in [2.05, 4.69) is 20.7 Å². The van der Waals surface area contributed by atoms with Crippen LogP contribution in [0.25, 0.3) is 0 Å². The number of benzene rings is 1. The summed E-state index contributed by atoms with van der Waals surface area (Å²) >= 11 is 0. The predicted molar refractivity (Wildman–Crippen MR) is 74.3 cm³/mol. The molecule has 2 aromatic rings. The van der Waals surface area contributed by atoms with Gasteiger partial charge in [0, 0.05) is 6.07 Å². The Morgan fingerprint density at radius 3 is 2.53 bits per heavy atom. The number of anilines is 2. The molecule has 1 aromatic heterocycles. The van der Waals surface area contributed by atoms with Crippen molar-refractivity contribution >= 4 is 11.6 Å². The summed E-state index contributed by atoms with van der Waals surface area (Å²) in [6, 6.07) is 11.4. The van der Waals surface area contributed by atoms with E-state index in [1.165, 1.54) is 6.33 Å². The molecule has 5 N–H and O–H groups in total. The van der Waals surface area contributed by atoms with Gasteiger partial charge in [-0.3, -0.25) is 0 Å². The van der Waals surface area contributed by atoms with Gasteiger partial charge < -0.3 is 15.8 Å². The van der Waals surface area contributed by atoms with Crippen molar-refractivity contribution in [3.05, 3.63) is 48.3 Å². The fourth-order valence-corrected chi connectivity index (χ4v) is 1.80. The molecule has 1 heterocycles. The van der Waals surface area contributed by atoms with E-state index in [9.17, 15) is 5.11 Å². The van der Waals surface area contributed by atoms with Gasteiger partial charge in [0.15, 0.2) is 0 Å². The fraction of sp³-hybridized carbons (Fsp3) is 0.231. The SMILES string of the molecule is CC(CO)(Nc1cc(NN)ncn1)c1ccccc1. The minimum atomic E-state index is -0.624. The number of rotatable bonds is 5. The molecule has 1 atom stereocenters. The highest BCUT2D eigenvalue weighted by molar-refractivity contribution is 5.48. The summed E-state index contributed by atoms with van der Waals surface area (Å²) in [5.41, 5.74) is 2.80. The van der Waals surface area contributed by atoms with E-state index >= 15 is 0 Å². The molecule has 0 saturated heterocycles. The first-order valence-electron chi connectivity index (χ1n) is 5.91. The van der Waals surface area contributed by atoms with Crippen LogP contribution in [0.15, 0.2) is 42.7 Å². The molecule has 0 saturated carbocycles. The zero-order valence-corrected chi connectivity index (χ0v) is 10.7. The van der Waals surface area contributed by atoms with Gasteiger partial charge in [-0.1, -0.05) is 30.3 Å². The topological polar surface area (TPSA) is 96.1 Å². The highest BCUT2D eigenvalue weighted by Gasteiger charge is 2.25. The van der Waals surface area contributed by atoms with Crippen LogP contribution >= 0.6 is 0 Å². The maximum atomic E-state index is 9.68. The Morgan fingerprint density at radius 1 is 1.21 bits per heavy atom. The second-order valence-electron chi connectivity index (χ2n) is 4.41. The van der Waals surface area contributed by atoms with Crippen LogP contribution in [0.4, 0.5) is 11.6 Å². The lowest BCUT2D eigenvalue weighted by Crippen LogP contribution is -2.36. The molecule has 0 bridgehead atoms. The van der Waals surface area contributed by atoms with Gasteiger partial charge in [0.25, 0.3) is 0 Å². The van der Waals surface area contributed by atoms with Crippen LogP contribution in [-0.2, 0) is 5.54 Å². The Kier molecular flexibility index (Phi) is 3.94. The van der Waals surface area contributed by atoms with Crippen molar-refractivity contribution < 1.29 is 5.11 Å². The van der Waals surface area contributed by atoms with Gasteiger partial charge in [-0.05, 0) is 12.5 Å². The van der Waals surface area contributed by atoms with E-state index in [1.807, 2.05) is 37.3 Å². The van der Waals surface area contributed by atoms with Gasteiger partial charge in [0.05, 0.1) is 12.1 Å². The minimum absolute atomic E-state index is 0.0631. The molecule has 0 amide bonds. The third kappa shape index (κ3) is 2.98. The van der Waals surface area contributed by atoms with Gasteiger partial charge in [-0.15, -0.1) is 0 Å². The first-order chi connectivity index (χ1) is 9.18. The van der Waals surface area contributed by atoms with Gasteiger partial charge >= 0.3 is 0 Å². The Hall–Kier alpha value is -2.18. The first-order valence-corrected chi connectivity index (χ1v) is 5.91. The number of aromatic nitrogens is 2. The molecule has 100 valence electrons.